The molecule has 0 saturated carbocycles. The molecule has 0 bridgehead atoms. The van der Waals surface area contributed by atoms with Crippen LogP contribution in [-0.2, 0) is 31.1 Å². The SMILES string of the molecule is CC(=O)c1ccc2c(c1)C(C)(C)/C(=C\C=C\C1=[N+](CCCCS(=O)(=O)[O-])c3ccc(C(=O)NCC(O)C(O)C(O)C(O)CO)cc3C1(C)C)N2CCCCS(=O)(=O)[O-].[Na+]. The first kappa shape index (κ1) is 50.5. The predicted molar refractivity (Wildman–Crippen MR) is 214 cm³/mol. The Hall–Kier alpha value is -2.85. The Kier molecular flexibility index (Phi) is 17.4. The minimum Gasteiger partial charge on any atom is -0.748 e. The second-order valence-corrected chi connectivity index (χ2v) is 18.9. The number of nitrogens with zero attached hydrogens (tertiary/aromatic N) is 2. The summed E-state index contributed by atoms with van der Waals surface area (Å²) in [6.45, 7) is 8.82. The number of hydrogen-bond acceptors (Lipinski definition) is 14. The summed E-state index contributed by atoms with van der Waals surface area (Å²) in [5.74, 6) is -1.71. The number of hydrogen-bond donors (Lipinski definition) is 6. The van der Waals surface area contributed by atoms with Crippen molar-refractivity contribution in [2.24, 2.45) is 0 Å². The van der Waals surface area contributed by atoms with Crippen molar-refractivity contribution in [3.8, 4) is 0 Å². The van der Waals surface area contributed by atoms with Gasteiger partial charge in [0.15, 0.2) is 11.5 Å². The standard InChI is InChI=1S/C40H55N3O13S2.Na/c1-25(45)26-13-15-30-28(21-26)39(2,3)34(42(30)17-6-8-19-57(51,52)53)11-10-12-35-40(4,5)29-22-27(14-16-31(29)43(35)18-7-9-20-58(54,55)56)38(50)41-23-32(46)36(48)37(49)33(47)24-44;/h10-16,21-22,32-33,36-37,44,46-49H,6-9,17-20,23-24H2,1-5H3,(H2-,41,50,51,52,53,54,55,56);/q;+1/p-1. The van der Waals surface area contributed by atoms with Crippen molar-refractivity contribution in [2.45, 2.75) is 95.5 Å². The number of Topliss-reactive ketones (excluding diaryl/α,β-unsaturated/α-hetero) is 1. The molecule has 4 unspecified atom stereocenters. The molecule has 0 aliphatic carbocycles. The molecule has 0 radical (unpaired) electrons. The normalized spacial score (nSPS) is 18.6. The van der Waals surface area contributed by atoms with Gasteiger partial charge in [0.2, 0.25) is 5.69 Å². The maximum atomic E-state index is 13.3. The zero-order valence-electron chi connectivity index (χ0n) is 34.3. The Morgan fingerprint density at radius 1 is 0.831 bits per heavy atom. The molecule has 1 amide bonds. The van der Waals surface area contributed by atoms with Gasteiger partial charge in [-0.25, -0.2) is 16.8 Å². The van der Waals surface area contributed by atoms with Crippen molar-refractivity contribution in [3.63, 3.8) is 0 Å². The molecular weight excluding hydrogens is 818 g/mol. The predicted octanol–water partition coefficient (Wildman–Crippen LogP) is -1.68. The maximum absolute atomic E-state index is 13.3. The summed E-state index contributed by atoms with van der Waals surface area (Å²) in [4.78, 5) is 27.6. The monoisotopic (exact) mass is 871 g/mol. The van der Waals surface area contributed by atoms with Crippen LogP contribution >= 0.6 is 0 Å². The first-order valence-electron chi connectivity index (χ1n) is 19.0. The molecule has 2 heterocycles. The number of benzene rings is 2. The number of anilines is 1. The number of allylic oxidation sites excluding steroid dienone is 4. The summed E-state index contributed by atoms with van der Waals surface area (Å²) < 4.78 is 70.0. The van der Waals surface area contributed by atoms with E-state index in [0.717, 1.165) is 33.9 Å². The Balaban J connectivity index is 0.00000930. The number of aliphatic hydroxyl groups is 5. The third-order valence-electron chi connectivity index (χ3n) is 10.8. The molecule has 0 saturated heterocycles. The number of rotatable bonds is 20. The van der Waals surface area contributed by atoms with Crippen LogP contribution in [0.15, 0.2) is 60.3 Å². The molecule has 59 heavy (non-hydrogen) atoms. The van der Waals surface area contributed by atoms with Crippen LogP contribution in [-0.4, -0.2) is 136 Å². The fourth-order valence-corrected chi connectivity index (χ4v) is 8.62. The van der Waals surface area contributed by atoms with E-state index in [9.17, 15) is 56.0 Å². The van der Waals surface area contributed by atoms with Crippen LogP contribution in [0.5, 0.6) is 0 Å². The van der Waals surface area contributed by atoms with Gasteiger partial charge in [0.05, 0.1) is 38.4 Å². The maximum Gasteiger partial charge on any atom is 1.00 e. The number of ketones is 1. The van der Waals surface area contributed by atoms with Gasteiger partial charge in [-0.2, -0.15) is 4.58 Å². The Morgan fingerprint density at radius 2 is 1.41 bits per heavy atom. The van der Waals surface area contributed by atoms with Gasteiger partial charge >= 0.3 is 29.6 Å². The molecule has 0 spiro atoms. The van der Waals surface area contributed by atoms with Crippen molar-refractivity contribution in [3.05, 3.63) is 82.6 Å². The molecule has 2 aromatic carbocycles. The Labute approximate surface area is 368 Å². The number of carbonyl (C=O) groups excluding carboxylic acids is 2. The van der Waals surface area contributed by atoms with Gasteiger partial charge in [0.25, 0.3) is 5.91 Å². The molecule has 0 aromatic heterocycles. The minimum absolute atomic E-state index is 0. The number of fused-ring (bicyclic) bond motifs is 2. The second-order valence-electron chi connectivity index (χ2n) is 15.8. The van der Waals surface area contributed by atoms with Gasteiger partial charge in [-0.3, -0.25) is 9.59 Å². The molecular formula is C40H54N3NaO13S2. The second kappa shape index (κ2) is 20.3. The third-order valence-corrected chi connectivity index (χ3v) is 12.4. The number of carbonyl (C=O) groups is 2. The summed E-state index contributed by atoms with van der Waals surface area (Å²) in [6.07, 6.45) is -0.342. The first-order chi connectivity index (χ1) is 26.9. The molecule has 2 aromatic rings. The largest absolute Gasteiger partial charge is 1.00 e. The van der Waals surface area contributed by atoms with E-state index in [0.29, 0.717) is 31.5 Å². The van der Waals surface area contributed by atoms with Gasteiger partial charge in [0.1, 0.15) is 24.9 Å². The van der Waals surface area contributed by atoms with Crippen molar-refractivity contribution in [1.82, 2.24) is 5.32 Å². The smallest absolute Gasteiger partial charge is 0.748 e. The Bertz CT molecular complexity index is 2190. The molecule has 2 aliphatic rings. The number of nitrogens with one attached hydrogen (secondary N) is 1. The zero-order valence-corrected chi connectivity index (χ0v) is 37.9. The van der Waals surface area contributed by atoms with E-state index in [1.165, 1.54) is 6.92 Å². The van der Waals surface area contributed by atoms with Crippen LogP contribution in [0.1, 0.15) is 92.1 Å². The summed E-state index contributed by atoms with van der Waals surface area (Å²) in [7, 11) is -8.81. The van der Waals surface area contributed by atoms with Crippen LogP contribution in [0.3, 0.4) is 0 Å². The van der Waals surface area contributed by atoms with Gasteiger partial charge in [-0.05, 0) is 82.0 Å². The topological polar surface area (TPSA) is 268 Å². The molecule has 6 N–H and O–H groups in total. The molecule has 320 valence electrons. The van der Waals surface area contributed by atoms with Crippen molar-refractivity contribution < 1.29 is 95.2 Å². The van der Waals surface area contributed by atoms with E-state index in [1.54, 1.807) is 24.3 Å². The first-order valence-corrected chi connectivity index (χ1v) is 22.2. The fourth-order valence-electron chi connectivity index (χ4n) is 7.50. The number of unbranched alkanes of at least 4 members (excludes halogenated alkanes) is 2. The fraction of sp³-hybridized carbons (Fsp3) is 0.525. The van der Waals surface area contributed by atoms with E-state index < -0.39 is 86.0 Å². The van der Waals surface area contributed by atoms with Crippen molar-refractivity contribution in [2.75, 3.05) is 42.6 Å². The average molecular weight is 872 g/mol. The molecule has 4 rings (SSSR count). The van der Waals surface area contributed by atoms with Crippen LogP contribution < -0.4 is 39.8 Å². The van der Waals surface area contributed by atoms with E-state index in [4.69, 9.17) is 5.11 Å². The van der Waals surface area contributed by atoms with Crippen LogP contribution in [0.4, 0.5) is 11.4 Å². The Morgan fingerprint density at radius 3 is 2.00 bits per heavy atom. The van der Waals surface area contributed by atoms with Crippen molar-refractivity contribution in [1.29, 1.82) is 0 Å². The summed E-state index contributed by atoms with van der Waals surface area (Å²) in [5.41, 5.74) is 4.29. The van der Waals surface area contributed by atoms with Crippen molar-refractivity contribution >= 4 is 49.0 Å². The quantitative estimate of drug-likeness (QED) is 0.0286. The molecule has 4 atom stereocenters. The van der Waals surface area contributed by atoms with Crippen LogP contribution in [0.2, 0.25) is 0 Å². The van der Waals surface area contributed by atoms with Gasteiger partial charge in [-0.15, -0.1) is 0 Å². The minimum atomic E-state index is -4.43. The molecule has 0 fully saturated rings. The van der Waals surface area contributed by atoms with Crippen LogP contribution in [0, 0.1) is 0 Å². The van der Waals surface area contributed by atoms with Crippen LogP contribution in [0.25, 0.3) is 0 Å². The van der Waals surface area contributed by atoms with Gasteiger partial charge in [-0.1, -0.05) is 19.9 Å². The van der Waals surface area contributed by atoms with E-state index in [-0.39, 0.29) is 53.7 Å². The summed E-state index contributed by atoms with van der Waals surface area (Å²) >= 11 is 0. The number of amides is 1. The third kappa shape index (κ3) is 12.4. The molecule has 19 heteroatoms. The summed E-state index contributed by atoms with van der Waals surface area (Å²) in [5, 5.41) is 51.6. The van der Waals surface area contributed by atoms with E-state index >= 15 is 0 Å². The number of aliphatic hydroxyl groups excluding tert-OH is 5. The zero-order chi connectivity index (χ0) is 43.4. The average Bonchev–Trinajstić information content (AvgIpc) is 3.49. The van der Waals surface area contributed by atoms with Gasteiger partial charge in [0, 0.05) is 76.6 Å². The summed E-state index contributed by atoms with van der Waals surface area (Å²) in [6, 6.07) is 10.4. The van der Waals surface area contributed by atoms with Gasteiger partial charge < -0.3 is 44.9 Å². The van der Waals surface area contributed by atoms with E-state index in [2.05, 4.69) is 10.2 Å². The molecule has 16 nitrogen and oxygen atoms in total. The molecule has 2 aliphatic heterocycles. The van der Waals surface area contributed by atoms with E-state index in [1.807, 2.05) is 62.6 Å².